The topological polar surface area (TPSA) is 96.0 Å². The Morgan fingerprint density at radius 1 is 0.857 bits per heavy atom. The Bertz CT molecular complexity index is 1850. The molecule has 1 fully saturated rings. The molecule has 1 atom stereocenters. The highest BCUT2D eigenvalue weighted by Gasteiger charge is 2.35. The summed E-state index contributed by atoms with van der Waals surface area (Å²) >= 11 is 12.6. The van der Waals surface area contributed by atoms with Crippen molar-refractivity contribution in [2.45, 2.75) is 69.0 Å². The van der Waals surface area contributed by atoms with Crippen molar-refractivity contribution >= 4 is 50.7 Å². The first-order chi connectivity index (χ1) is 23.5. The third kappa shape index (κ3) is 9.35. The van der Waals surface area contributed by atoms with Crippen LogP contribution in [-0.2, 0) is 32.6 Å². The van der Waals surface area contributed by atoms with E-state index in [2.05, 4.69) is 5.32 Å². The molecule has 0 radical (unpaired) electrons. The maximum absolute atomic E-state index is 14.7. The molecule has 2 amide bonds. The fourth-order valence-corrected chi connectivity index (χ4v) is 7.77. The minimum absolute atomic E-state index is 0.00270. The highest BCUT2D eigenvalue weighted by molar-refractivity contribution is 7.92. The summed E-state index contributed by atoms with van der Waals surface area (Å²) < 4.78 is 35.0. The summed E-state index contributed by atoms with van der Waals surface area (Å²) in [5.41, 5.74) is 2.63. The van der Waals surface area contributed by atoms with E-state index in [0.717, 1.165) is 53.1 Å². The van der Waals surface area contributed by atoms with Gasteiger partial charge in [-0.3, -0.25) is 13.9 Å². The lowest BCUT2D eigenvalue weighted by Crippen LogP contribution is -2.55. The van der Waals surface area contributed by atoms with Gasteiger partial charge in [0.05, 0.1) is 27.7 Å². The van der Waals surface area contributed by atoms with E-state index >= 15 is 0 Å². The lowest BCUT2D eigenvalue weighted by Gasteiger charge is -2.35. The third-order valence-corrected chi connectivity index (χ3v) is 11.3. The standard InChI is InChI=1S/C38H41Cl2N3O5S/c1-27-16-19-33(20-17-27)49(46,47)43(31-18-21-34(39)35(40)24-31)26-37(44)42(25-29-12-9-15-32(22-29)48-2)36(23-28-10-5-3-6-11-28)38(45)41-30-13-7-4-8-14-30/h3,5-6,9-12,15-22,24,30,36H,4,7-8,13-14,23,25-26H2,1-2H3,(H,41,45). The zero-order chi connectivity index (χ0) is 35.0. The summed E-state index contributed by atoms with van der Waals surface area (Å²) in [5, 5.41) is 3.60. The first-order valence-electron chi connectivity index (χ1n) is 16.4. The largest absolute Gasteiger partial charge is 0.497 e. The van der Waals surface area contributed by atoms with Crippen molar-refractivity contribution in [2.75, 3.05) is 18.0 Å². The summed E-state index contributed by atoms with van der Waals surface area (Å²) in [6.45, 7) is 1.30. The Morgan fingerprint density at radius 3 is 2.22 bits per heavy atom. The molecule has 0 heterocycles. The number of nitrogens with zero attached hydrogens (tertiary/aromatic N) is 2. The van der Waals surface area contributed by atoms with Gasteiger partial charge in [-0.2, -0.15) is 0 Å². The molecule has 4 aromatic rings. The quantitative estimate of drug-likeness (QED) is 0.154. The van der Waals surface area contributed by atoms with Crippen molar-refractivity contribution in [3.05, 3.63) is 124 Å². The number of aryl methyl sites for hydroxylation is 1. The van der Waals surface area contributed by atoms with Crippen LogP contribution < -0.4 is 14.4 Å². The highest BCUT2D eigenvalue weighted by atomic mass is 35.5. The number of hydrogen-bond donors (Lipinski definition) is 1. The molecule has 4 aromatic carbocycles. The number of hydrogen-bond acceptors (Lipinski definition) is 5. The second kappa shape index (κ2) is 16.6. The SMILES string of the molecule is COc1cccc(CN(C(=O)CN(c2ccc(Cl)c(Cl)c2)S(=O)(=O)c2ccc(C)cc2)C(Cc2ccccc2)C(=O)NC2CCCCC2)c1. The van der Waals surface area contributed by atoms with Crippen LogP contribution in [0.25, 0.3) is 0 Å². The van der Waals surface area contributed by atoms with Crippen molar-refractivity contribution in [2.24, 2.45) is 0 Å². The Balaban J connectivity index is 1.58. The molecule has 258 valence electrons. The number of benzene rings is 4. The van der Waals surface area contributed by atoms with Crippen LogP contribution >= 0.6 is 23.2 Å². The van der Waals surface area contributed by atoms with E-state index in [-0.39, 0.29) is 45.5 Å². The predicted octanol–water partition coefficient (Wildman–Crippen LogP) is 7.59. The third-order valence-electron chi connectivity index (χ3n) is 8.79. The van der Waals surface area contributed by atoms with E-state index in [9.17, 15) is 18.0 Å². The Hall–Kier alpha value is -4.05. The van der Waals surface area contributed by atoms with Crippen LogP contribution in [0.5, 0.6) is 5.75 Å². The number of halogens is 2. The fraction of sp³-hybridized carbons (Fsp3) is 0.316. The van der Waals surface area contributed by atoms with Gasteiger partial charge < -0.3 is 15.0 Å². The van der Waals surface area contributed by atoms with Crippen molar-refractivity contribution in [3.8, 4) is 5.75 Å². The van der Waals surface area contributed by atoms with Gasteiger partial charge in [0.1, 0.15) is 18.3 Å². The lowest BCUT2D eigenvalue weighted by molar-refractivity contribution is -0.140. The van der Waals surface area contributed by atoms with Gasteiger partial charge in [-0.15, -0.1) is 0 Å². The average Bonchev–Trinajstić information content (AvgIpc) is 3.11. The van der Waals surface area contributed by atoms with E-state index in [1.807, 2.05) is 49.4 Å². The zero-order valence-corrected chi connectivity index (χ0v) is 30.0. The summed E-state index contributed by atoms with van der Waals surface area (Å²) in [5.74, 6) is -0.255. The van der Waals surface area contributed by atoms with E-state index in [1.54, 1.807) is 31.4 Å². The van der Waals surface area contributed by atoms with Crippen LogP contribution in [0.4, 0.5) is 5.69 Å². The van der Waals surface area contributed by atoms with Crippen LogP contribution in [0.15, 0.2) is 102 Å². The van der Waals surface area contributed by atoms with Gasteiger partial charge in [-0.05, 0) is 73.4 Å². The molecule has 0 aromatic heterocycles. The molecule has 0 spiro atoms. The maximum atomic E-state index is 14.7. The van der Waals surface area contributed by atoms with Crippen LogP contribution in [-0.4, -0.2) is 50.9 Å². The number of amides is 2. The number of nitrogens with one attached hydrogen (secondary N) is 1. The van der Waals surface area contributed by atoms with Crippen molar-refractivity contribution in [3.63, 3.8) is 0 Å². The molecule has 1 aliphatic carbocycles. The minimum atomic E-state index is -4.28. The van der Waals surface area contributed by atoms with Crippen LogP contribution in [0.1, 0.15) is 48.8 Å². The van der Waals surface area contributed by atoms with Crippen molar-refractivity contribution in [1.82, 2.24) is 10.2 Å². The smallest absolute Gasteiger partial charge is 0.264 e. The summed E-state index contributed by atoms with van der Waals surface area (Å²) in [7, 11) is -2.72. The first-order valence-corrected chi connectivity index (χ1v) is 18.6. The van der Waals surface area contributed by atoms with Gasteiger partial charge >= 0.3 is 0 Å². The second-order valence-electron chi connectivity index (χ2n) is 12.3. The van der Waals surface area contributed by atoms with Gasteiger partial charge in [-0.25, -0.2) is 8.42 Å². The van der Waals surface area contributed by atoms with Crippen LogP contribution in [0.2, 0.25) is 10.0 Å². The predicted molar refractivity (Wildman–Crippen MR) is 195 cm³/mol. The normalized spacial score (nSPS) is 14.1. The van der Waals surface area contributed by atoms with E-state index in [1.165, 1.54) is 35.2 Å². The Kier molecular flexibility index (Phi) is 12.3. The number of carbonyl (C=O) groups is 2. The molecule has 8 nitrogen and oxygen atoms in total. The molecular formula is C38H41Cl2N3O5S. The molecule has 0 aliphatic heterocycles. The Labute approximate surface area is 299 Å². The van der Waals surface area contributed by atoms with Gasteiger partial charge in [0.2, 0.25) is 11.8 Å². The Morgan fingerprint density at radius 2 is 1.55 bits per heavy atom. The number of sulfonamides is 1. The number of rotatable bonds is 13. The van der Waals surface area contributed by atoms with Gasteiger partial charge in [0.15, 0.2) is 0 Å². The minimum Gasteiger partial charge on any atom is -0.497 e. The molecule has 11 heteroatoms. The molecule has 49 heavy (non-hydrogen) atoms. The molecule has 0 bridgehead atoms. The van der Waals surface area contributed by atoms with Gasteiger partial charge in [0.25, 0.3) is 10.0 Å². The van der Waals surface area contributed by atoms with E-state index in [4.69, 9.17) is 27.9 Å². The molecule has 1 aliphatic rings. The van der Waals surface area contributed by atoms with Gasteiger partial charge in [-0.1, -0.05) is 103 Å². The number of carbonyl (C=O) groups excluding carboxylic acids is 2. The molecular weight excluding hydrogens is 681 g/mol. The van der Waals surface area contributed by atoms with Crippen molar-refractivity contribution in [1.29, 1.82) is 0 Å². The number of ether oxygens (including phenoxy) is 1. The van der Waals surface area contributed by atoms with E-state index in [0.29, 0.717) is 5.75 Å². The molecule has 0 saturated heterocycles. The molecule has 1 saturated carbocycles. The van der Waals surface area contributed by atoms with Crippen molar-refractivity contribution < 1.29 is 22.7 Å². The van der Waals surface area contributed by atoms with Crippen LogP contribution in [0.3, 0.4) is 0 Å². The zero-order valence-electron chi connectivity index (χ0n) is 27.6. The average molecular weight is 723 g/mol. The lowest BCUT2D eigenvalue weighted by atomic mass is 9.94. The van der Waals surface area contributed by atoms with E-state index < -0.39 is 28.5 Å². The summed E-state index contributed by atoms with van der Waals surface area (Å²) in [6.07, 6.45) is 5.14. The fourth-order valence-electron chi connectivity index (χ4n) is 6.07. The maximum Gasteiger partial charge on any atom is 0.264 e. The molecule has 1 N–H and O–H groups in total. The number of anilines is 1. The van der Waals surface area contributed by atoms with Gasteiger partial charge in [0, 0.05) is 19.0 Å². The molecule has 5 rings (SSSR count). The highest BCUT2D eigenvalue weighted by Crippen LogP contribution is 2.31. The molecule has 1 unspecified atom stereocenters. The second-order valence-corrected chi connectivity index (χ2v) is 15.0. The first kappa shape index (κ1) is 36.2. The van der Waals surface area contributed by atoms with Crippen LogP contribution in [0, 0.1) is 6.92 Å². The summed E-state index contributed by atoms with van der Waals surface area (Å²) in [4.78, 5) is 30.5. The monoisotopic (exact) mass is 721 g/mol. The number of methoxy groups -OCH3 is 1. The summed E-state index contributed by atoms with van der Waals surface area (Å²) in [6, 6.07) is 26.7.